The van der Waals surface area contributed by atoms with Crippen LogP contribution in [0.5, 0.6) is 0 Å². The average Bonchev–Trinajstić information content (AvgIpc) is 3.17. The summed E-state index contributed by atoms with van der Waals surface area (Å²) in [4.78, 5) is 24.3. The van der Waals surface area contributed by atoms with E-state index in [1.165, 1.54) is 11.3 Å². The third-order valence-corrected chi connectivity index (χ3v) is 5.64. The molecule has 3 heterocycles. The molecule has 0 aromatic carbocycles. The van der Waals surface area contributed by atoms with E-state index in [1.54, 1.807) is 12.7 Å². The first kappa shape index (κ1) is 17.0. The maximum absolute atomic E-state index is 12.5. The molecule has 2 aromatic heterocycles. The highest BCUT2D eigenvalue weighted by Gasteiger charge is 2.28. The number of thiazole rings is 1. The molecule has 0 radical (unpaired) electrons. The Labute approximate surface area is 146 Å². The highest BCUT2D eigenvalue weighted by atomic mass is 32.1. The van der Waals surface area contributed by atoms with E-state index in [2.05, 4.69) is 25.3 Å². The summed E-state index contributed by atoms with van der Waals surface area (Å²) in [5.41, 5.74) is 0.980. The molecule has 130 valence electrons. The van der Waals surface area contributed by atoms with E-state index >= 15 is 0 Å². The summed E-state index contributed by atoms with van der Waals surface area (Å²) >= 11 is 1.53. The van der Waals surface area contributed by atoms with Crippen molar-refractivity contribution < 1.29 is 4.79 Å². The van der Waals surface area contributed by atoms with E-state index in [-0.39, 0.29) is 11.9 Å². The number of rotatable bonds is 5. The van der Waals surface area contributed by atoms with Crippen LogP contribution in [0.1, 0.15) is 30.3 Å². The molecule has 2 atom stereocenters. The Morgan fingerprint density at radius 2 is 2.33 bits per heavy atom. The molecule has 1 fully saturated rings. The number of hydrogen-bond acceptors (Lipinski definition) is 6. The number of carbonyl (C=O) groups is 1. The van der Waals surface area contributed by atoms with Gasteiger partial charge in [0.2, 0.25) is 5.91 Å². The maximum Gasteiger partial charge on any atom is 0.243 e. The van der Waals surface area contributed by atoms with Crippen molar-refractivity contribution in [3.8, 4) is 0 Å². The van der Waals surface area contributed by atoms with Crippen LogP contribution in [0.15, 0.2) is 12.7 Å². The molecule has 0 spiro atoms. The Kier molecular flexibility index (Phi) is 5.25. The smallest absolute Gasteiger partial charge is 0.243 e. The van der Waals surface area contributed by atoms with Gasteiger partial charge >= 0.3 is 0 Å². The Morgan fingerprint density at radius 1 is 1.50 bits per heavy atom. The number of likely N-dealkylation sites (tertiary alicyclic amines) is 1. The SMILES string of the molecule is Cc1nc(NC(=O)[C@@H](C)N2CCC[C@H](Cn3cncn3)C2)sc1C. The lowest BCUT2D eigenvalue weighted by atomic mass is 9.96. The van der Waals surface area contributed by atoms with Gasteiger partial charge in [-0.2, -0.15) is 5.10 Å². The van der Waals surface area contributed by atoms with Gasteiger partial charge < -0.3 is 5.32 Å². The molecule has 8 heteroatoms. The Balaban J connectivity index is 1.56. The number of nitrogens with one attached hydrogen (secondary N) is 1. The summed E-state index contributed by atoms with van der Waals surface area (Å²) in [5.74, 6) is 0.519. The summed E-state index contributed by atoms with van der Waals surface area (Å²) in [5, 5.41) is 7.84. The Morgan fingerprint density at radius 3 is 3.00 bits per heavy atom. The lowest BCUT2D eigenvalue weighted by Gasteiger charge is -2.35. The van der Waals surface area contributed by atoms with Gasteiger partial charge in [0, 0.05) is 18.0 Å². The molecule has 24 heavy (non-hydrogen) atoms. The molecule has 1 amide bonds. The fourth-order valence-corrected chi connectivity index (χ4v) is 3.91. The minimum absolute atomic E-state index is 0.0187. The molecule has 0 bridgehead atoms. The van der Waals surface area contributed by atoms with E-state index in [1.807, 2.05) is 25.5 Å². The number of amides is 1. The molecule has 1 aliphatic heterocycles. The molecule has 7 nitrogen and oxygen atoms in total. The van der Waals surface area contributed by atoms with Gasteiger partial charge in [0.1, 0.15) is 12.7 Å². The van der Waals surface area contributed by atoms with Crippen LogP contribution >= 0.6 is 11.3 Å². The third-order valence-electron chi connectivity index (χ3n) is 4.65. The minimum Gasteiger partial charge on any atom is -0.301 e. The second-order valence-corrected chi connectivity index (χ2v) is 7.65. The van der Waals surface area contributed by atoms with Crippen molar-refractivity contribution in [2.75, 3.05) is 18.4 Å². The van der Waals surface area contributed by atoms with Crippen molar-refractivity contribution >= 4 is 22.4 Å². The van der Waals surface area contributed by atoms with Gasteiger partial charge in [-0.15, -0.1) is 11.3 Å². The highest BCUT2D eigenvalue weighted by Crippen LogP contribution is 2.23. The number of aromatic nitrogens is 4. The van der Waals surface area contributed by atoms with E-state index in [0.717, 1.165) is 43.0 Å². The topological polar surface area (TPSA) is 75.9 Å². The molecular formula is C16H24N6OS. The summed E-state index contributed by atoms with van der Waals surface area (Å²) in [6, 6.07) is -0.159. The first-order chi connectivity index (χ1) is 11.5. The summed E-state index contributed by atoms with van der Waals surface area (Å²) in [6.07, 6.45) is 5.58. The van der Waals surface area contributed by atoms with Gasteiger partial charge in [-0.05, 0) is 46.1 Å². The number of hydrogen-bond donors (Lipinski definition) is 1. The van der Waals surface area contributed by atoms with Crippen molar-refractivity contribution in [3.63, 3.8) is 0 Å². The van der Waals surface area contributed by atoms with Gasteiger partial charge in [0.05, 0.1) is 11.7 Å². The Bertz CT molecular complexity index is 663. The van der Waals surface area contributed by atoms with Crippen molar-refractivity contribution in [2.45, 2.75) is 46.2 Å². The molecule has 0 unspecified atom stereocenters. The van der Waals surface area contributed by atoms with Crippen LogP contribution in [0.25, 0.3) is 0 Å². The van der Waals surface area contributed by atoms with Crippen LogP contribution in [0.4, 0.5) is 5.13 Å². The number of piperidine rings is 1. The van der Waals surface area contributed by atoms with Crippen molar-refractivity contribution in [1.82, 2.24) is 24.6 Å². The van der Waals surface area contributed by atoms with E-state index in [4.69, 9.17) is 0 Å². The average molecular weight is 348 g/mol. The lowest BCUT2D eigenvalue weighted by Crippen LogP contribution is -2.47. The quantitative estimate of drug-likeness (QED) is 0.895. The normalized spacial score (nSPS) is 20.0. The molecule has 1 aliphatic rings. The van der Waals surface area contributed by atoms with Crippen LogP contribution in [-0.2, 0) is 11.3 Å². The number of nitrogens with zero attached hydrogens (tertiary/aromatic N) is 5. The van der Waals surface area contributed by atoms with Crippen LogP contribution in [-0.4, -0.2) is 49.7 Å². The van der Waals surface area contributed by atoms with E-state index in [9.17, 15) is 4.79 Å². The zero-order chi connectivity index (χ0) is 17.1. The molecule has 0 aliphatic carbocycles. The third kappa shape index (κ3) is 3.99. The number of anilines is 1. The fraction of sp³-hybridized carbons (Fsp3) is 0.625. The van der Waals surface area contributed by atoms with Crippen molar-refractivity contribution in [1.29, 1.82) is 0 Å². The molecule has 0 saturated carbocycles. The molecule has 1 N–H and O–H groups in total. The standard InChI is InChI=1S/C16H24N6OS/c1-11-13(3)24-16(19-11)20-15(23)12(2)21-6-4-5-14(7-21)8-22-10-17-9-18-22/h9-10,12,14H,4-8H2,1-3H3,(H,19,20,23)/t12-,14+/m1/s1. The highest BCUT2D eigenvalue weighted by molar-refractivity contribution is 7.15. The van der Waals surface area contributed by atoms with Gasteiger partial charge in [0.25, 0.3) is 0 Å². The molecule has 2 aromatic rings. The Hall–Kier alpha value is -1.80. The first-order valence-corrected chi connectivity index (χ1v) is 9.16. The largest absolute Gasteiger partial charge is 0.301 e. The molecular weight excluding hydrogens is 324 g/mol. The molecule has 3 rings (SSSR count). The predicted octanol–water partition coefficient (Wildman–Crippen LogP) is 2.09. The maximum atomic E-state index is 12.5. The van der Waals surface area contributed by atoms with Gasteiger partial charge in [-0.3, -0.25) is 14.4 Å². The zero-order valence-electron chi connectivity index (χ0n) is 14.4. The van der Waals surface area contributed by atoms with Crippen LogP contribution in [0, 0.1) is 19.8 Å². The summed E-state index contributed by atoms with van der Waals surface area (Å²) in [7, 11) is 0. The van der Waals surface area contributed by atoms with Crippen LogP contribution < -0.4 is 5.32 Å². The van der Waals surface area contributed by atoms with Crippen molar-refractivity contribution in [3.05, 3.63) is 23.2 Å². The summed E-state index contributed by atoms with van der Waals surface area (Å²) in [6.45, 7) is 8.68. The second kappa shape index (κ2) is 7.40. The van der Waals surface area contributed by atoms with E-state index in [0.29, 0.717) is 11.0 Å². The summed E-state index contributed by atoms with van der Waals surface area (Å²) < 4.78 is 1.88. The van der Waals surface area contributed by atoms with Crippen molar-refractivity contribution in [2.24, 2.45) is 5.92 Å². The number of carbonyl (C=O) groups excluding carboxylic acids is 1. The zero-order valence-corrected chi connectivity index (χ0v) is 15.2. The monoisotopic (exact) mass is 348 g/mol. The minimum atomic E-state index is -0.159. The van der Waals surface area contributed by atoms with Crippen LogP contribution in [0.2, 0.25) is 0 Å². The van der Waals surface area contributed by atoms with Crippen LogP contribution in [0.3, 0.4) is 0 Å². The van der Waals surface area contributed by atoms with Gasteiger partial charge in [-0.1, -0.05) is 0 Å². The predicted molar refractivity (Wildman–Crippen MR) is 94.0 cm³/mol. The first-order valence-electron chi connectivity index (χ1n) is 8.34. The second-order valence-electron chi connectivity index (χ2n) is 6.45. The van der Waals surface area contributed by atoms with Gasteiger partial charge in [-0.25, -0.2) is 9.97 Å². The molecule has 1 saturated heterocycles. The fourth-order valence-electron chi connectivity index (χ4n) is 3.09. The number of aryl methyl sites for hydroxylation is 2. The van der Waals surface area contributed by atoms with E-state index < -0.39 is 0 Å². The van der Waals surface area contributed by atoms with Gasteiger partial charge in [0.15, 0.2) is 5.13 Å². The lowest BCUT2D eigenvalue weighted by molar-refractivity contribution is -0.121.